The molecule has 0 aliphatic heterocycles. The van der Waals surface area contributed by atoms with Gasteiger partial charge in [-0.05, 0) is 44.2 Å². The number of aromatic nitrogens is 1. The Balaban J connectivity index is 1.73. The summed E-state index contributed by atoms with van der Waals surface area (Å²) >= 11 is 1.29. The summed E-state index contributed by atoms with van der Waals surface area (Å²) in [7, 11) is 3.15. The number of anilines is 1. The Morgan fingerprint density at radius 2 is 1.84 bits per heavy atom. The minimum absolute atomic E-state index is 0.0894. The summed E-state index contributed by atoms with van der Waals surface area (Å²) in [5, 5.41) is 6.23. The molecule has 2 N–H and O–H groups in total. The van der Waals surface area contributed by atoms with Crippen molar-refractivity contribution in [2.75, 3.05) is 32.7 Å². The number of carbonyl (C=O) groups excluding carboxylic acids is 2. The van der Waals surface area contributed by atoms with Gasteiger partial charge in [-0.25, -0.2) is 4.98 Å². The number of rotatable bonds is 9. The van der Waals surface area contributed by atoms with Crippen LogP contribution in [0.15, 0.2) is 42.5 Å². The van der Waals surface area contributed by atoms with Crippen molar-refractivity contribution in [3.63, 3.8) is 0 Å². The molecule has 2 aromatic carbocycles. The first-order chi connectivity index (χ1) is 15.4. The van der Waals surface area contributed by atoms with E-state index in [1.165, 1.54) is 11.3 Å². The topological polar surface area (TPSA) is 98.8 Å². The molecule has 0 aliphatic carbocycles. The zero-order valence-electron chi connectivity index (χ0n) is 18.4. The highest BCUT2D eigenvalue weighted by atomic mass is 32.1. The van der Waals surface area contributed by atoms with Gasteiger partial charge < -0.3 is 24.8 Å². The van der Waals surface area contributed by atoms with E-state index in [1.807, 2.05) is 19.1 Å². The van der Waals surface area contributed by atoms with Crippen LogP contribution in [0.4, 0.5) is 5.69 Å². The standard InChI is InChI=1S/C23H25N3O5S/c1-5-24-20(27)13-31-17-8-6-7-16(12-17)26-22(28)21-14(2)25-23(32-21)15-9-10-18(29-3)19(11-15)30-4/h6-12H,5,13H2,1-4H3,(H,24,27)(H,26,28). The molecule has 168 valence electrons. The van der Waals surface area contributed by atoms with Gasteiger partial charge in [0.15, 0.2) is 18.1 Å². The van der Waals surface area contributed by atoms with Gasteiger partial charge in [-0.15, -0.1) is 11.3 Å². The summed E-state index contributed by atoms with van der Waals surface area (Å²) < 4.78 is 16.1. The van der Waals surface area contributed by atoms with E-state index in [1.54, 1.807) is 51.5 Å². The lowest BCUT2D eigenvalue weighted by molar-refractivity contribution is -0.122. The summed E-state index contributed by atoms with van der Waals surface area (Å²) in [5.41, 5.74) is 2.01. The lowest BCUT2D eigenvalue weighted by Gasteiger charge is -2.09. The van der Waals surface area contributed by atoms with E-state index in [2.05, 4.69) is 15.6 Å². The van der Waals surface area contributed by atoms with Crippen molar-refractivity contribution >= 4 is 28.8 Å². The van der Waals surface area contributed by atoms with E-state index in [9.17, 15) is 9.59 Å². The molecule has 0 atom stereocenters. The zero-order chi connectivity index (χ0) is 23.1. The van der Waals surface area contributed by atoms with E-state index in [0.717, 1.165) is 5.56 Å². The minimum atomic E-state index is -0.271. The van der Waals surface area contributed by atoms with Gasteiger partial charge in [0, 0.05) is 23.9 Å². The summed E-state index contributed by atoms with van der Waals surface area (Å²) in [6.07, 6.45) is 0. The highest BCUT2D eigenvalue weighted by Gasteiger charge is 2.18. The van der Waals surface area contributed by atoms with Crippen molar-refractivity contribution in [3.05, 3.63) is 53.0 Å². The maximum atomic E-state index is 12.9. The first-order valence-corrected chi connectivity index (χ1v) is 10.8. The van der Waals surface area contributed by atoms with Crippen molar-refractivity contribution < 1.29 is 23.8 Å². The Morgan fingerprint density at radius 3 is 2.56 bits per heavy atom. The van der Waals surface area contributed by atoms with Crippen LogP contribution in [0.25, 0.3) is 10.6 Å². The Kier molecular flexibility index (Phi) is 7.67. The zero-order valence-corrected chi connectivity index (χ0v) is 19.2. The SMILES string of the molecule is CCNC(=O)COc1cccc(NC(=O)c2sc(-c3ccc(OC)c(OC)c3)nc2C)c1. The predicted octanol–water partition coefficient (Wildman–Crippen LogP) is 3.90. The number of carbonyl (C=O) groups is 2. The van der Waals surface area contributed by atoms with Crippen LogP contribution in [0.1, 0.15) is 22.3 Å². The van der Waals surface area contributed by atoms with E-state index < -0.39 is 0 Å². The third-order valence-electron chi connectivity index (χ3n) is 4.47. The van der Waals surface area contributed by atoms with E-state index in [0.29, 0.717) is 45.1 Å². The fourth-order valence-electron chi connectivity index (χ4n) is 2.95. The van der Waals surface area contributed by atoms with Crippen molar-refractivity contribution in [1.29, 1.82) is 0 Å². The number of hydrogen-bond acceptors (Lipinski definition) is 7. The molecule has 3 aromatic rings. The molecule has 0 aliphatic rings. The lowest BCUT2D eigenvalue weighted by atomic mass is 10.2. The van der Waals surface area contributed by atoms with Crippen LogP contribution in [0, 0.1) is 6.92 Å². The molecule has 0 fully saturated rings. The number of amides is 2. The van der Waals surface area contributed by atoms with Gasteiger partial charge in [-0.3, -0.25) is 9.59 Å². The highest BCUT2D eigenvalue weighted by molar-refractivity contribution is 7.17. The highest BCUT2D eigenvalue weighted by Crippen LogP contribution is 2.35. The molecule has 0 saturated carbocycles. The number of thiazole rings is 1. The molecular formula is C23H25N3O5S. The fourth-order valence-corrected chi connectivity index (χ4v) is 3.91. The van der Waals surface area contributed by atoms with Crippen molar-refractivity contribution in [1.82, 2.24) is 10.3 Å². The summed E-state index contributed by atoms with van der Waals surface area (Å²) in [6, 6.07) is 12.4. The largest absolute Gasteiger partial charge is 0.493 e. The number of aryl methyl sites for hydroxylation is 1. The molecule has 0 spiro atoms. The molecule has 0 unspecified atom stereocenters. The van der Waals surface area contributed by atoms with Gasteiger partial charge in [-0.2, -0.15) is 0 Å². The molecule has 0 bridgehead atoms. The Morgan fingerprint density at radius 1 is 1.06 bits per heavy atom. The number of nitrogens with zero attached hydrogens (tertiary/aromatic N) is 1. The van der Waals surface area contributed by atoms with Gasteiger partial charge in [0.1, 0.15) is 15.6 Å². The summed E-state index contributed by atoms with van der Waals surface area (Å²) in [4.78, 5) is 29.5. The minimum Gasteiger partial charge on any atom is -0.493 e. The monoisotopic (exact) mass is 455 g/mol. The summed E-state index contributed by atoms with van der Waals surface area (Å²) in [5.74, 6) is 1.23. The van der Waals surface area contributed by atoms with Crippen LogP contribution in [-0.2, 0) is 4.79 Å². The van der Waals surface area contributed by atoms with Gasteiger partial charge >= 0.3 is 0 Å². The number of nitrogens with one attached hydrogen (secondary N) is 2. The van der Waals surface area contributed by atoms with Gasteiger partial charge in [0.25, 0.3) is 11.8 Å². The van der Waals surface area contributed by atoms with Crippen molar-refractivity contribution in [3.8, 4) is 27.8 Å². The fraction of sp³-hybridized carbons (Fsp3) is 0.261. The number of ether oxygens (including phenoxy) is 3. The number of methoxy groups -OCH3 is 2. The third kappa shape index (κ3) is 5.55. The average Bonchev–Trinajstić information content (AvgIpc) is 3.19. The molecule has 1 aromatic heterocycles. The van der Waals surface area contributed by atoms with Crippen LogP contribution in [0.3, 0.4) is 0 Å². The first-order valence-electron chi connectivity index (χ1n) is 9.95. The predicted molar refractivity (Wildman–Crippen MR) is 124 cm³/mol. The molecule has 0 radical (unpaired) electrons. The molecule has 1 heterocycles. The molecular weight excluding hydrogens is 430 g/mol. The summed E-state index contributed by atoms with van der Waals surface area (Å²) in [6.45, 7) is 4.08. The molecule has 9 heteroatoms. The Hall–Kier alpha value is -3.59. The second kappa shape index (κ2) is 10.6. The van der Waals surface area contributed by atoms with Gasteiger partial charge in [0.2, 0.25) is 0 Å². The number of benzene rings is 2. The first kappa shape index (κ1) is 23.1. The lowest BCUT2D eigenvalue weighted by Crippen LogP contribution is -2.28. The smallest absolute Gasteiger partial charge is 0.267 e. The van der Waals surface area contributed by atoms with Crippen LogP contribution in [-0.4, -0.2) is 44.2 Å². The van der Waals surface area contributed by atoms with E-state index >= 15 is 0 Å². The van der Waals surface area contributed by atoms with Crippen LogP contribution in [0.2, 0.25) is 0 Å². The number of hydrogen-bond donors (Lipinski definition) is 2. The van der Waals surface area contributed by atoms with Gasteiger partial charge in [-0.1, -0.05) is 6.07 Å². The Bertz CT molecular complexity index is 1110. The maximum absolute atomic E-state index is 12.9. The molecule has 8 nitrogen and oxygen atoms in total. The second-order valence-corrected chi connectivity index (χ2v) is 7.73. The van der Waals surface area contributed by atoms with E-state index in [-0.39, 0.29) is 18.4 Å². The van der Waals surface area contributed by atoms with E-state index in [4.69, 9.17) is 14.2 Å². The van der Waals surface area contributed by atoms with Crippen LogP contribution < -0.4 is 24.8 Å². The average molecular weight is 456 g/mol. The number of likely N-dealkylation sites (N-methyl/N-ethyl adjacent to an activating group) is 1. The maximum Gasteiger partial charge on any atom is 0.267 e. The third-order valence-corrected chi connectivity index (χ3v) is 5.67. The van der Waals surface area contributed by atoms with Crippen molar-refractivity contribution in [2.45, 2.75) is 13.8 Å². The quantitative estimate of drug-likeness (QED) is 0.508. The molecule has 3 rings (SSSR count). The molecule has 32 heavy (non-hydrogen) atoms. The Labute approximate surface area is 190 Å². The van der Waals surface area contributed by atoms with Crippen LogP contribution in [0.5, 0.6) is 17.2 Å². The van der Waals surface area contributed by atoms with Crippen molar-refractivity contribution in [2.24, 2.45) is 0 Å². The normalized spacial score (nSPS) is 10.4. The second-order valence-electron chi connectivity index (χ2n) is 6.73. The molecule has 0 saturated heterocycles. The van der Waals surface area contributed by atoms with Gasteiger partial charge in [0.05, 0.1) is 19.9 Å². The van der Waals surface area contributed by atoms with Crippen LogP contribution >= 0.6 is 11.3 Å². The molecule has 2 amide bonds.